The van der Waals surface area contributed by atoms with Crippen LogP contribution in [0.15, 0.2) is 188 Å². The molecule has 3 N–H and O–H groups in total. The predicted octanol–water partition coefficient (Wildman–Crippen LogP) is 14.8. The fourth-order valence-electron chi connectivity index (χ4n) is 9.36. The van der Waals surface area contributed by atoms with Gasteiger partial charge in [-0.15, -0.1) is 0 Å². The number of aromatic amines is 2. The number of benzene rings is 6. The van der Waals surface area contributed by atoms with Crippen molar-refractivity contribution < 1.29 is 9.53 Å². The van der Waals surface area contributed by atoms with Crippen molar-refractivity contribution in [3.05, 3.63) is 222 Å². The first-order valence-corrected chi connectivity index (χ1v) is 22.2. The third kappa shape index (κ3) is 7.18. The molecule has 7 nitrogen and oxygen atoms in total. The van der Waals surface area contributed by atoms with E-state index < -0.39 is 0 Å². The minimum atomic E-state index is -0.322. The van der Waals surface area contributed by atoms with E-state index in [1.807, 2.05) is 66.7 Å². The van der Waals surface area contributed by atoms with Crippen LogP contribution in [0.2, 0.25) is 0 Å². The van der Waals surface area contributed by atoms with Crippen molar-refractivity contribution in [3.63, 3.8) is 0 Å². The van der Waals surface area contributed by atoms with Gasteiger partial charge in [-0.05, 0) is 113 Å². The average molecular weight is 852 g/mol. The fourth-order valence-corrected chi connectivity index (χ4v) is 9.36. The van der Waals surface area contributed by atoms with Crippen LogP contribution in [0.25, 0.3) is 90.9 Å². The molecule has 1 atom stereocenters. The molecule has 7 heteroatoms. The maximum absolute atomic E-state index is 12.9. The quantitative estimate of drug-likeness (QED) is 0.148. The number of aromatic nitrogens is 4. The maximum Gasteiger partial charge on any atom is 0.170 e. The van der Waals surface area contributed by atoms with Crippen molar-refractivity contribution in [2.75, 3.05) is 5.32 Å². The van der Waals surface area contributed by atoms with E-state index in [-0.39, 0.29) is 11.9 Å². The van der Waals surface area contributed by atoms with Gasteiger partial charge in [0.2, 0.25) is 0 Å². The molecule has 12 rings (SSSR count). The molecule has 66 heavy (non-hydrogen) atoms. The van der Waals surface area contributed by atoms with Crippen molar-refractivity contribution in [2.24, 2.45) is 0 Å². The molecule has 0 saturated heterocycles. The van der Waals surface area contributed by atoms with Crippen LogP contribution in [-0.2, 0) is 0 Å². The number of anilines is 2. The standard InChI is InChI=1S/C59H41N5O2/c65-53-36-55(66-54-19-11-10-18-44(53)54)37-20-24-42(25-21-37)60-43-26-22-41(23-27-43)59-51-34-32-49(63-51)57(39-14-6-2-7-15-39)47-30-28-45(61-47)56(38-12-4-1-5-13-38)46-29-31-48(62-46)58(40-16-8-3-9-17-40)50-33-35-52(59)64-50/h1-35,55,60-61,64H,36H2. The summed E-state index contributed by atoms with van der Waals surface area (Å²) >= 11 is 0. The van der Waals surface area contributed by atoms with Crippen LogP contribution >= 0.6 is 0 Å². The lowest BCUT2D eigenvalue weighted by Crippen LogP contribution is -2.20. The van der Waals surface area contributed by atoms with Crippen molar-refractivity contribution in [3.8, 4) is 50.3 Å². The molecular formula is C59H41N5O2. The summed E-state index contributed by atoms with van der Waals surface area (Å²) in [4.78, 5) is 31.4. The Bertz CT molecular complexity index is 3520. The molecule has 0 radical (unpaired) electrons. The number of para-hydroxylation sites is 1. The highest BCUT2D eigenvalue weighted by Gasteiger charge is 2.27. The van der Waals surface area contributed by atoms with Gasteiger partial charge in [0.1, 0.15) is 11.9 Å². The van der Waals surface area contributed by atoms with Gasteiger partial charge in [0, 0.05) is 55.7 Å². The van der Waals surface area contributed by atoms with Gasteiger partial charge in [0.25, 0.3) is 0 Å². The Morgan fingerprint density at radius 1 is 0.424 bits per heavy atom. The number of ketones is 1. The Kier molecular flexibility index (Phi) is 9.64. The SMILES string of the molecule is O=C1CC(c2ccc(Nc3ccc(-c4c5nc(c(-c6ccccc6)c6ccc([nH]6)c(-c6ccccc6)c6nc(c(-c7ccccc7)c7ccc4[nH]7)C=C6)C=C5)cc3)cc2)Oc2ccccc21. The lowest BCUT2D eigenvalue weighted by molar-refractivity contribution is 0.0850. The van der Waals surface area contributed by atoms with Crippen LogP contribution in [0, 0.1) is 0 Å². The van der Waals surface area contributed by atoms with E-state index in [9.17, 15) is 4.79 Å². The summed E-state index contributed by atoms with van der Waals surface area (Å²) in [6.45, 7) is 0. The van der Waals surface area contributed by atoms with Gasteiger partial charge >= 0.3 is 0 Å². The first-order valence-electron chi connectivity index (χ1n) is 22.2. The van der Waals surface area contributed by atoms with E-state index in [0.29, 0.717) is 17.7 Å². The monoisotopic (exact) mass is 851 g/mol. The first kappa shape index (κ1) is 38.8. The molecule has 6 heterocycles. The second-order valence-corrected chi connectivity index (χ2v) is 16.7. The van der Waals surface area contributed by atoms with Gasteiger partial charge in [0.15, 0.2) is 5.78 Å². The van der Waals surface area contributed by atoms with E-state index in [4.69, 9.17) is 14.7 Å². The van der Waals surface area contributed by atoms with Crippen molar-refractivity contribution in [2.45, 2.75) is 12.5 Å². The summed E-state index contributed by atoms with van der Waals surface area (Å²) in [5.74, 6) is 0.736. The van der Waals surface area contributed by atoms with Crippen molar-refractivity contribution in [1.82, 2.24) is 19.9 Å². The van der Waals surface area contributed by atoms with Crippen LogP contribution in [-0.4, -0.2) is 25.7 Å². The topological polar surface area (TPSA) is 95.7 Å². The van der Waals surface area contributed by atoms with E-state index in [0.717, 1.165) is 106 Å². The molecule has 6 aromatic carbocycles. The zero-order valence-corrected chi connectivity index (χ0v) is 35.7. The van der Waals surface area contributed by atoms with Gasteiger partial charge in [-0.2, -0.15) is 0 Å². The van der Waals surface area contributed by atoms with Crippen molar-refractivity contribution >= 4 is 63.5 Å². The van der Waals surface area contributed by atoms with E-state index in [1.165, 1.54) is 0 Å². The molecule has 8 bridgehead atoms. The van der Waals surface area contributed by atoms with Gasteiger partial charge in [-0.3, -0.25) is 4.79 Å². The van der Waals surface area contributed by atoms with Gasteiger partial charge < -0.3 is 20.0 Å². The number of nitrogens with zero attached hydrogens (tertiary/aromatic N) is 2. The summed E-state index contributed by atoms with van der Waals surface area (Å²) in [6.07, 6.45) is 8.50. The average Bonchev–Trinajstić information content (AvgIpc) is 4.22. The second-order valence-electron chi connectivity index (χ2n) is 16.7. The molecule has 1 unspecified atom stereocenters. The molecule has 9 aromatic rings. The van der Waals surface area contributed by atoms with Crippen LogP contribution in [0.3, 0.4) is 0 Å². The Hall–Kier alpha value is -8.81. The summed E-state index contributed by atoms with van der Waals surface area (Å²) in [6, 6.07) is 64.1. The van der Waals surface area contributed by atoms with Crippen LogP contribution in [0.1, 0.15) is 51.2 Å². The zero-order chi connectivity index (χ0) is 44.0. The third-order valence-corrected chi connectivity index (χ3v) is 12.5. The molecule has 3 aliphatic rings. The Labute approximate surface area is 381 Å². The predicted molar refractivity (Wildman–Crippen MR) is 269 cm³/mol. The summed E-state index contributed by atoms with van der Waals surface area (Å²) in [7, 11) is 0. The molecule has 0 fully saturated rings. The van der Waals surface area contributed by atoms with E-state index >= 15 is 0 Å². The van der Waals surface area contributed by atoms with Crippen LogP contribution in [0.5, 0.6) is 5.75 Å². The first-order chi connectivity index (χ1) is 32.6. The lowest BCUT2D eigenvalue weighted by atomic mass is 9.96. The number of carbonyl (C=O) groups excluding carboxylic acids is 1. The van der Waals surface area contributed by atoms with Crippen molar-refractivity contribution in [1.29, 1.82) is 0 Å². The molecule has 0 saturated carbocycles. The number of rotatable bonds is 7. The van der Waals surface area contributed by atoms with Gasteiger partial charge in [-0.25, -0.2) is 9.97 Å². The molecule has 314 valence electrons. The molecule has 0 spiro atoms. The Balaban J connectivity index is 1.01. The summed E-state index contributed by atoms with van der Waals surface area (Å²) in [5.41, 5.74) is 19.0. The van der Waals surface area contributed by atoms with E-state index in [2.05, 4.69) is 161 Å². The molecular weight excluding hydrogens is 811 g/mol. The molecule has 3 aliphatic heterocycles. The number of carbonyl (C=O) groups is 1. The minimum absolute atomic E-state index is 0.0988. The van der Waals surface area contributed by atoms with E-state index in [1.54, 1.807) is 0 Å². The normalized spacial score (nSPS) is 13.9. The number of fused-ring (bicyclic) bond motifs is 9. The lowest BCUT2D eigenvalue weighted by Gasteiger charge is -2.25. The summed E-state index contributed by atoms with van der Waals surface area (Å²) in [5, 5.41) is 3.57. The Morgan fingerprint density at radius 3 is 1.24 bits per heavy atom. The Morgan fingerprint density at radius 2 is 0.803 bits per heavy atom. The third-order valence-electron chi connectivity index (χ3n) is 12.5. The highest BCUT2D eigenvalue weighted by atomic mass is 16.5. The number of H-pyrrole nitrogens is 2. The molecule has 0 amide bonds. The largest absolute Gasteiger partial charge is 0.484 e. The minimum Gasteiger partial charge on any atom is -0.484 e. The molecule has 3 aromatic heterocycles. The van der Waals surface area contributed by atoms with Gasteiger partial charge in [0.05, 0.1) is 34.8 Å². The second kappa shape index (κ2) is 16.4. The van der Waals surface area contributed by atoms with Crippen LogP contribution < -0.4 is 10.1 Å². The highest BCUT2D eigenvalue weighted by molar-refractivity contribution is 6.01. The number of hydrogen-bond acceptors (Lipinski definition) is 5. The maximum atomic E-state index is 12.9. The highest BCUT2D eigenvalue weighted by Crippen LogP contribution is 2.40. The molecule has 0 aliphatic carbocycles. The fraction of sp³-hybridized carbons (Fsp3) is 0.0339. The number of Topliss-reactive ketones (excluding diaryl/α,β-unsaturated/α-hetero) is 1. The number of ether oxygens (including phenoxy) is 1. The smallest absolute Gasteiger partial charge is 0.170 e. The van der Waals surface area contributed by atoms with Crippen LogP contribution in [0.4, 0.5) is 11.4 Å². The van der Waals surface area contributed by atoms with Gasteiger partial charge in [-0.1, -0.05) is 127 Å². The number of nitrogens with one attached hydrogen (secondary N) is 3. The summed E-state index contributed by atoms with van der Waals surface area (Å²) < 4.78 is 6.23. The number of hydrogen-bond donors (Lipinski definition) is 3. The zero-order valence-electron chi connectivity index (χ0n) is 35.7.